The Kier molecular flexibility index (Phi) is 5.97. The number of carbonyl (C=O) groups excluding carboxylic acids is 1. The van der Waals surface area contributed by atoms with E-state index in [1.54, 1.807) is 42.3 Å². The Balaban J connectivity index is 1.23. The molecule has 3 heterocycles. The lowest BCUT2D eigenvalue weighted by Crippen LogP contribution is -2.40. The average Bonchev–Trinajstić information content (AvgIpc) is 3.50. The van der Waals surface area contributed by atoms with Crippen LogP contribution in [-0.4, -0.2) is 35.9 Å². The zero-order valence-electron chi connectivity index (χ0n) is 16.5. The monoisotopic (exact) mass is 421 g/mol. The zero-order chi connectivity index (χ0) is 21.5. The summed E-state index contributed by atoms with van der Waals surface area (Å²) in [5, 5.41) is 14.6. The normalized spacial score (nSPS) is 11.5. The summed E-state index contributed by atoms with van der Waals surface area (Å²) in [4.78, 5) is 20.3. The van der Waals surface area contributed by atoms with Crippen molar-refractivity contribution in [1.82, 2.24) is 40.6 Å². The Morgan fingerprint density at radius 2 is 2.06 bits per heavy atom. The molecular formula is C19H19N9O3. The lowest BCUT2D eigenvalue weighted by Gasteiger charge is -2.12. The molecule has 0 aliphatic carbocycles. The minimum atomic E-state index is -0.519. The molecule has 158 valence electrons. The van der Waals surface area contributed by atoms with E-state index >= 15 is 0 Å². The van der Waals surface area contributed by atoms with Crippen molar-refractivity contribution in [2.75, 3.05) is 5.43 Å². The maximum absolute atomic E-state index is 12.1. The second-order valence-electron chi connectivity index (χ2n) is 6.34. The number of urea groups is 1. The summed E-state index contributed by atoms with van der Waals surface area (Å²) in [6.45, 7) is 1.87. The molecule has 2 amide bonds. The van der Waals surface area contributed by atoms with Gasteiger partial charge in [0.25, 0.3) is 0 Å². The SMILES string of the molecule is CC(NC(=O)NNc1ccc(-n2ccnc2)nn1)c1nc(COc2ccccc2)no1. The lowest BCUT2D eigenvalue weighted by atomic mass is 10.3. The number of nitrogens with one attached hydrogen (secondary N) is 3. The van der Waals surface area contributed by atoms with Gasteiger partial charge in [-0.3, -0.25) is 15.4 Å². The summed E-state index contributed by atoms with van der Waals surface area (Å²) in [6, 6.07) is 11.7. The number of amides is 2. The number of ether oxygens (including phenoxy) is 1. The van der Waals surface area contributed by atoms with E-state index in [9.17, 15) is 4.79 Å². The van der Waals surface area contributed by atoms with Crippen LogP contribution in [0.5, 0.6) is 5.75 Å². The number of para-hydroxylation sites is 1. The smallest absolute Gasteiger partial charge is 0.334 e. The molecule has 0 radical (unpaired) electrons. The Morgan fingerprint density at radius 1 is 1.19 bits per heavy atom. The van der Waals surface area contributed by atoms with Crippen molar-refractivity contribution >= 4 is 11.8 Å². The van der Waals surface area contributed by atoms with Crippen LogP contribution in [0.3, 0.4) is 0 Å². The number of hydrazine groups is 1. The topological polar surface area (TPSA) is 145 Å². The molecule has 0 aliphatic heterocycles. The number of carbonyl (C=O) groups is 1. The van der Waals surface area contributed by atoms with Crippen LogP contribution in [0, 0.1) is 0 Å². The predicted molar refractivity (Wildman–Crippen MR) is 108 cm³/mol. The van der Waals surface area contributed by atoms with Crippen molar-refractivity contribution in [2.45, 2.75) is 19.6 Å². The Morgan fingerprint density at radius 3 is 2.81 bits per heavy atom. The van der Waals surface area contributed by atoms with Crippen molar-refractivity contribution in [2.24, 2.45) is 0 Å². The van der Waals surface area contributed by atoms with Crippen molar-refractivity contribution < 1.29 is 14.1 Å². The lowest BCUT2D eigenvalue weighted by molar-refractivity contribution is 0.235. The van der Waals surface area contributed by atoms with Crippen molar-refractivity contribution in [3.8, 4) is 11.6 Å². The van der Waals surface area contributed by atoms with E-state index in [-0.39, 0.29) is 12.5 Å². The van der Waals surface area contributed by atoms with Gasteiger partial charge in [0.05, 0.1) is 0 Å². The quantitative estimate of drug-likeness (QED) is 0.364. The van der Waals surface area contributed by atoms with Gasteiger partial charge in [-0.2, -0.15) is 4.98 Å². The first-order valence-corrected chi connectivity index (χ1v) is 9.32. The van der Waals surface area contributed by atoms with Gasteiger partial charge in [-0.25, -0.2) is 9.78 Å². The molecule has 1 aromatic carbocycles. The minimum absolute atomic E-state index is 0.154. The fourth-order valence-electron chi connectivity index (χ4n) is 2.51. The van der Waals surface area contributed by atoms with Gasteiger partial charge in [-0.1, -0.05) is 23.4 Å². The molecule has 0 saturated carbocycles. The van der Waals surface area contributed by atoms with Crippen LogP contribution >= 0.6 is 0 Å². The summed E-state index contributed by atoms with van der Waals surface area (Å²) in [6.07, 6.45) is 5.01. The molecule has 3 N–H and O–H groups in total. The second kappa shape index (κ2) is 9.35. The van der Waals surface area contributed by atoms with E-state index in [2.05, 4.69) is 41.5 Å². The fraction of sp³-hybridized carbons (Fsp3) is 0.158. The largest absolute Gasteiger partial charge is 0.485 e. The molecule has 4 rings (SSSR count). The molecule has 0 aliphatic rings. The highest BCUT2D eigenvalue weighted by Crippen LogP contribution is 2.13. The van der Waals surface area contributed by atoms with E-state index in [0.29, 0.717) is 23.2 Å². The zero-order valence-corrected chi connectivity index (χ0v) is 16.5. The second-order valence-corrected chi connectivity index (χ2v) is 6.34. The Hall–Kier alpha value is -4.48. The molecule has 12 heteroatoms. The fourth-order valence-corrected chi connectivity index (χ4v) is 2.51. The average molecular weight is 421 g/mol. The highest BCUT2D eigenvalue weighted by atomic mass is 16.5. The predicted octanol–water partition coefficient (Wildman–Crippen LogP) is 2.01. The molecular weight excluding hydrogens is 402 g/mol. The number of nitrogens with zero attached hydrogens (tertiary/aromatic N) is 6. The van der Waals surface area contributed by atoms with Crippen LogP contribution in [0.15, 0.2) is 65.7 Å². The van der Waals surface area contributed by atoms with Crippen LogP contribution in [0.2, 0.25) is 0 Å². The number of hydrogen-bond acceptors (Lipinski definition) is 9. The minimum Gasteiger partial charge on any atom is -0.485 e. The summed E-state index contributed by atoms with van der Waals surface area (Å²) >= 11 is 0. The number of benzene rings is 1. The molecule has 3 aromatic heterocycles. The first kappa shape index (κ1) is 19.8. The van der Waals surface area contributed by atoms with Crippen molar-refractivity contribution in [1.29, 1.82) is 0 Å². The van der Waals surface area contributed by atoms with Crippen LogP contribution in [0.1, 0.15) is 24.7 Å². The van der Waals surface area contributed by atoms with Gasteiger partial charge in [0.1, 0.15) is 18.1 Å². The van der Waals surface area contributed by atoms with Crippen molar-refractivity contribution in [3.05, 3.63) is 72.9 Å². The third-order valence-corrected chi connectivity index (χ3v) is 4.04. The highest BCUT2D eigenvalue weighted by Gasteiger charge is 2.17. The molecule has 0 fully saturated rings. The maximum atomic E-state index is 12.1. The number of anilines is 1. The van der Waals surface area contributed by atoms with Gasteiger partial charge in [-0.15, -0.1) is 10.2 Å². The third-order valence-electron chi connectivity index (χ3n) is 4.04. The third kappa shape index (κ3) is 5.32. The number of imidazole rings is 1. The van der Waals surface area contributed by atoms with E-state index in [1.165, 1.54) is 0 Å². The van der Waals surface area contributed by atoms with Crippen LogP contribution in [-0.2, 0) is 6.61 Å². The molecule has 0 saturated heterocycles. The first-order valence-electron chi connectivity index (χ1n) is 9.32. The molecule has 12 nitrogen and oxygen atoms in total. The highest BCUT2D eigenvalue weighted by molar-refractivity contribution is 5.75. The standard InChI is InChI=1S/C19H19N9O3/c1-13(18-22-16(27-31-18)11-30-14-5-3-2-4-6-14)21-19(29)26-24-15-7-8-17(25-23-15)28-10-9-20-12-28/h2-10,12-13H,11H2,1H3,(H,23,24)(H2,21,26,29). The van der Waals surface area contributed by atoms with Gasteiger partial charge >= 0.3 is 6.03 Å². The Bertz CT molecular complexity index is 1100. The van der Waals surface area contributed by atoms with Crippen LogP contribution < -0.4 is 20.9 Å². The Labute approximate surface area is 176 Å². The molecule has 0 bridgehead atoms. The van der Waals surface area contributed by atoms with Crippen LogP contribution in [0.4, 0.5) is 10.6 Å². The summed E-state index contributed by atoms with van der Waals surface area (Å²) in [7, 11) is 0. The molecule has 1 atom stereocenters. The number of hydrogen-bond donors (Lipinski definition) is 3. The molecule has 4 aromatic rings. The number of aromatic nitrogens is 6. The van der Waals surface area contributed by atoms with Gasteiger partial charge in [0.2, 0.25) is 11.7 Å². The summed E-state index contributed by atoms with van der Waals surface area (Å²) in [5.41, 5.74) is 5.14. The molecule has 0 spiro atoms. The number of rotatable bonds is 8. The van der Waals surface area contributed by atoms with Gasteiger partial charge < -0.3 is 14.6 Å². The molecule has 1 unspecified atom stereocenters. The molecule has 31 heavy (non-hydrogen) atoms. The van der Waals surface area contributed by atoms with Gasteiger partial charge in [0.15, 0.2) is 18.2 Å². The van der Waals surface area contributed by atoms with E-state index in [1.807, 2.05) is 30.3 Å². The van der Waals surface area contributed by atoms with Gasteiger partial charge in [0, 0.05) is 12.4 Å². The van der Waals surface area contributed by atoms with Crippen molar-refractivity contribution in [3.63, 3.8) is 0 Å². The van der Waals surface area contributed by atoms with E-state index < -0.39 is 12.1 Å². The summed E-state index contributed by atoms with van der Waals surface area (Å²) in [5.74, 6) is 2.30. The maximum Gasteiger partial charge on any atom is 0.334 e. The van der Waals surface area contributed by atoms with E-state index in [4.69, 9.17) is 9.26 Å². The first-order chi connectivity index (χ1) is 15.2. The van der Waals surface area contributed by atoms with E-state index in [0.717, 1.165) is 0 Å². The van der Waals surface area contributed by atoms with Crippen LogP contribution in [0.25, 0.3) is 5.82 Å². The van der Waals surface area contributed by atoms with Gasteiger partial charge in [-0.05, 0) is 31.2 Å². The summed E-state index contributed by atoms with van der Waals surface area (Å²) < 4.78 is 12.5.